The number of fused-ring (bicyclic) bond motifs is 3. The fourth-order valence-corrected chi connectivity index (χ4v) is 6.42. The van der Waals surface area contributed by atoms with Crippen LogP contribution in [0.4, 0.5) is 13.2 Å². The fraction of sp³-hybridized carbons (Fsp3) is 0.182. The van der Waals surface area contributed by atoms with E-state index in [4.69, 9.17) is 5.10 Å². The monoisotopic (exact) mass is 687 g/mol. The molecule has 4 heterocycles. The van der Waals surface area contributed by atoms with Gasteiger partial charge >= 0.3 is 6.18 Å². The third kappa shape index (κ3) is 5.19. The summed E-state index contributed by atoms with van der Waals surface area (Å²) >= 11 is 2.94. The molecule has 0 fully saturated rings. The van der Waals surface area contributed by atoms with E-state index in [-0.39, 0.29) is 35.1 Å². The van der Waals surface area contributed by atoms with Crippen molar-refractivity contribution in [3.8, 4) is 16.9 Å². The number of aromatic nitrogens is 6. The normalized spacial score (nSPS) is 13.3. The van der Waals surface area contributed by atoms with E-state index in [1.54, 1.807) is 15.3 Å². The van der Waals surface area contributed by atoms with Crippen LogP contribution in [0.25, 0.3) is 22.6 Å². The van der Waals surface area contributed by atoms with Gasteiger partial charge in [0.2, 0.25) is 0 Å². The van der Waals surface area contributed by atoms with Crippen molar-refractivity contribution in [3.63, 3.8) is 0 Å². The molecule has 1 N–H and O–H groups in total. The Morgan fingerprint density at radius 1 is 1.02 bits per heavy atom. The van der Waals surface area contributed by atoms with Crippen LogP contribution < -0.4 is 5.56 Å². The van der Waals surface area contributed by atoms with Gasteiger partial charge in [0.25, 0.3) is 11.5 Å². The molecule has 0 unspecified atom stereocenters. The number of carbonyl (C=O) groups is 1. The SMILES string of the molecule is Cc1n[nH]nc1-c1ccc(-n2c(=O)c3c(n4ncc(Cc5ccccc5)c24)CN(C(=O)c2ccc(Br)c(C(F)(F)F)c2)CC3)cc1. The van der Waals surface area contributed by atoms with Crippen LogP contribution in [0.3, 0.4) is 0 Å². The summed E-state index contributed by atoms with van der Waals surface area (Å²) in [6, 6.07) is 20.7. The number of nitrogens with one attached hydrogen (secondary N) is 1. The average molecular weight is 689 g/mol. The first kappa shape index (κ1) is 29.7. The zero-order chi connectivity index (χ0) is 32.2. The highest BCUT2D eigenvalue weighted by Crippen LogP contribution is 2.36. The number of amides is 1. The fourth-order valence-electron chi connectivity index (χ4n) is 5.95. The summed E-state index contributed by atoms with van der Waals surface area (Å²) in [4.78, 5) is 29.3. The van der Waals surface area contributed by atoms with E-state index in [1.165, 1.54) is 17.0 Å². The van der Waals surface area contributed by atoms with Gasteiger partial charge in [-0.3, -0.25) is 14.2 Å². The minimum absolute atomic E-state index is 0.00892. The number of H-pyrrole nitrogens is 1. The van der Waals surface area contributed by atoms with Gasteiger partial charge in [-0.2, -0.15) is 33.7 Å². The van der Waals surface area contributed by atoms with E-state index in [9.17, 15) is 22.8 Å². The summed E-state index contributed by atoms with van der Waals surface area (Å²) in [7, 11) is 0. The molecule has 13 heteroatoms. The van der Waals surface area contributed by atoms with Gasteiger partial charge in [-0.15, -0.1) is 0 Å². The molecule has 0 aliphatic carbocycles. The van der Waals surface area contributed by atoms with E-state index in [2.05, 4.69) is 31.3 Å². The average Bonchev–Trinajstić information content (AvgIpc) is 3.67. The molecule has 3 aromatic carbocycles. The standard InChI is InChI=1S/C33H25BrF3N7O2/c1-19-29(40-41-39-19)21-7-10-24(11-8-21)43-30-23(15-20-5-3-2-4-6-20)17-38-44(30)28-18-42(14-13-25(28)32(43)46)31(45)22-9-12-27(34)26(16-22)33(35,36)37/h2-12,16-17H,13-15,18H2,1H3,(H,39,40,41). The molecule has 0 saturated heterocycles. The highest BCUT2D eigenvalue weighted by Gasteiger charge is 2.35. The molecule has 232 valence electrons. The van der Waals surface area contributed by atoms with E-state index < -0.39 is 17.6 Å². The molecule has 0 bridgehead atoms. The van der Waals surface area contributed by atoms with Crippen LogP contribution in [0.1, 0.15) is 44.0 Å². The highest BCUT2D eigenvalue weighted by atomic mass is 79.9. The van der Waals surface area contributed by atoms with Crippen LogP contribution in [-0.2, 0) is 25.6 Å². The lowest BCUT2D eigenvalue weighted by atomic mass is 10.0. The van der Waals surface area contributed by atoms with Gasteiger partial charge in [0, 0.05) is 39.7 Å². The number of aryl methyl sites for hydroxylation is 1. The Hall–Kier alpha value is -5.04. The highest BCUT2D eigenvalue weighted by molar-refractivity contribution is 9.10. The van der Waals surface area contributed by atoms with Crippen molar-refractivity contribution in [3.05, 3.63) is 133 Å². The quantitative estimate of drug-likeness (QED) is 0.234. The Balaban J connectivity index is 1.33. The first-order chi connectivity index (χ1) is 22.1. The zero-order valence-corrected chi connectivity index (χ0v) is 25.9. The summed E-state index contributed by atoms with van der Waals surface area (Å²) in [5.41, 5.74) is 5.07. The molecule has 46 heavy (non-hydrogen) atoms. The minimum atomic E-state index is -4.63. The first-order valence-electron chi connectivity index (χ1n) is 14.4. The lowest BCUT2D eigenvalue weighted by Gasteiger charge is -2.30. The van der Waals surface area contributed by atoms with Crippen LogP contribution in [0.2, 0.25) is 0 Å². The molecule has 0 spiro atoms. The van der Waals surface area contributed by atoms with Gasteiger partial charge in [-0.25, -0.2) is 4.52 Å². The van der Waals surface area contributed by atoms with Crippen LogP contribution >= 0.6 is 15.9 Å². The van der Waals surface area contributed by atoms with Crippen LogP contribution in [0.5, 0.6) is 0 Å². The van der Waals surface area contributed by atoms with Gasteiger partial charge in [0.15, 0.2) is 0 Å². The molecular weight excluding hydrogens is 663 g/mol. The Morgan fingerprint density at radius 2 is 1.78 bits per heavy atom. The van der Waals surface area contributed by atoms with E-state index in [0.29, 0.717) is 34.7 Å². The second kappa shape index (κ2) is 11.4. The Bertz CT molecular complexity index is 2170. The van der Waals surface area contributed by atoms with Gasteiger partial charge in [0.1, 0.15) is 11.3 Å². The molecule has 7 rings (SSSR count). The van der Waals surface area contributed by atoms with Gasteiger partial charge < -0.3 is 4.90 Å². The van der Waals surface area contributed by atoms with Crippen molar-refractivity contribution < 1.29 is 18.0 Å². The summed E-state index contributed by atoms with van der Waals surface area (Å²) in [6.07, 6.45) is -2.20. The second-order valence-electron chi connectivity index (χ2n) is 11.1. The molecule has 3 aromatic heterocycles. The number of benzene rings is 3. The van der Waals surface area contributed by atoms with Crippen LogP contribution in [0.15, 0.2) is 88.3 Å². The summed E-state index contributed by atoms with van der Waals surface area (Å²) in [5, 5.41) is 15.6. The molecule has 6 aromatic rings. The number of nitrogens with zero attached hydrogens (tertiary/aromatic N) is 6. The number of halogens is 4. The zero-order valence-electron chi connectivity index (χ0n) is 24.3. The Labute approximate surface area is 268 Å². The number of hydrogen-bond donors (Lipinski definition) is 1. The van der Waals surface area contributed by atoms with Crippen molar-refractivity contribution >= 4 is 27.5 Å². The molecular formula is C33H25BrF3N7O2. The predicted octanol–water partition coefficient (Wildman–Crippen LogP) is 6.15. The van der Waals surface area contributed by atoms with Crippen molar-refractivity contribution in [1.82, 2.24) is 34.5 Å². The lowest BCUT2D eigenvalue weighted by Crippen LogP contribution is -2.41. The van der Waals surface area contributed by atoms with Crippen LogP contribution in [-0.4, -0.2) is 46.9 Å². The number of hydrogen-bond acceptors (Lipinski definition) is 5. The third-order valence-corrected chi connectivity index (χ3v) is 8.92. The second-order valence-corrected chi connectivity index (χ2v) is 12.0. The van der Waals surface area contributed by atoms with E-state index >= 15 is 0 Å². The van der Waals surface area contributed by atoms with Crippen molar-refractivity contribution in [1.29, 1.82) is 0 Å². The van der Waals surface area contributed by atoms with Crippen molar-refractivity contribution in [2.75, 3.05) is 6.54 Å². The maximum Gasteiger partial charge on any atom is 0.417 e. The maximum atomic E-state index is 14.3. The van der Waals surface area contributed by atoms with Gasteiger partial charge in [0.05, 0.1) is 35.4 Å². The summed E-state index contributed by atoms with van der Waals surface area (Å²) in [6.45, 7) is 2.02. The topological polar surface area (TPSA) is 101 Å². The molecule has 1 aliphatic heterocycles. The van der Waals surface area contributed by atoms with E-state index in [1.807, 2.05) is 61.5 Å². The molecule has 9 nitrogen and oxygen atoms in total. The molecule has 0 atom stereocenters. The molecule has 0 saturated carbocycles. The number of alkyl halides is 3. The molecule has 0 radical (unpaired) electrons. The third-order valence-electron chi connectivity index (χ3n) is 8.23. The first-order valence-corrected chi connectivity index (χ1v) is 15.2. The summed E-state index contributed by atoms with van der Waals surface area (Å²) < 4.78 is 43.9. The number of aromatic amines is 1. The van der Waals surface area contributed by atoms with Gasteiger partial charge in [-0.1, -0.05) is 58.4 Å². The van der Waals surface area contributed by atoms with Crippen molar-refractivity contribution in [2.24, 2.45) is 0 Å². The molecule has 1 aliphatic rings. The van der Waals surface area contributed by atoms with E-state index in [0.717, 1.165) is 28.5 Å². The number of carbonyl (C=O) groups excluding carboxylic acids is 1. The maximum absolute atomic E-state index is 14.3. The number of rotatable bonds is 5. The Kier molecular flexibility index (Phi) is 7.35. The van der Waals surface area contributed by atoms with Crippen molar-refractivity contribution in [2.45, 2.75) is 32.5 Å². The minimum Gasteiger partial charge on any atom is -0.332 e. The van der Waals surface area contributed by atoms with Gasteiger partial charge in [-0.05, 0) is 49.2 Å². The largest absolute Gasteiger partial charge is 0.417 e. The smallest absolute Gasteiger partial charge is 0.332 e. The lowest BCUT2D eigenvalue weighted by molar-refractivity contribution is -0.138. The van der Waals surface area contributed by atoms with Crippen LogP contribution in [0, 0.1) is 6.92 Å². The predicted molar refractivity (Wildman–Crippen MR) is 168 cm³/mol. The Morgan fingerprint density at radius 3 is 2.48 bits per heavy atom. The molecule has 1 amide bonds. The summed E-state index contributed by atoms with van der Waals surface area (Å²) in [5.74, 6) is -0.559.